The molecule has 168 valence electrons. The minimum Gasteiger partial charge on any atom is -0.323 e. The van der Waals surface area contributed by atoms with Gasteiger partial charge in [0, 0.05) is 19.3 Å². The molecule has 2 aromatic carbocycles. The lowest BCUT2D eigenvalue weighted by Gasteiger charge is -2.12. The summed E-state index contributed by atoms with van der Waals surface area (Å²) in [5.41, 5.74) is -0.00666. The van der Waals surface area contributed by atoms with Crippen LogP contribution in [0.3, 0.4) is 0 Å². The van der Waals surface area contributed by atoms with E-state index in [0.29, 0.717) is 22.4 Å². The van der Waals surface area contributed by atoms with Crippen LogP contribution in [0.1, 0.15) is 6.92 Å². The van der Waals surface area contributed by atoms with Crippen molar-refractivity contribution in [1.29, 1.82) is 0 Å². The molecule has 0 spiro atoms. The van der Waals surface area contributed by atoms with Gasteiger partial charge in [0.15, 0.2) is 10.9 Å². The van der Waals surface area contributed by atoms with Crippen molar-refractivity contribution in [3.8, 4) is 21.7 Å². The van der Waals surface area contributed by atoms with E-state index >= 15 is 4.39 Å². The van der Waals surface area contributed by atoms with Crippen molar-refractivity contribution in [2.24, 2.45) is 0 Å². The molecule has 4 rings (SSSR count). The Labute approximate surface area is 194 Å². The summed E-state index contributed by atoms with van der Waals surface area (Å²) >= 11 is 1.69. The number of halogens is 4. The van der Waals surface area contributed by atoms with Crippen molar-refractivity contribution < 1.29 is 22.4 Å². The average molecular weight is 491 g/mol. The number of anilines is 2. The van der Waals surface area contributed by atoms with Crippen molar-refractivity contribution in [3.05, 3.63) is 78.1 Å². The number of pyridine rings is 1. The molecule has 0 bridgehead atoms. The molecule has 0 fully saturated rings. The molecular weight excluding hydrogens is 476 g/mol. The van der Waals surface area contributed by atoms with E-state index in [-0.39, 0.29) is 27.3 Å². The molecule has 0 unspecified atom stereocenters. The predicted molar refractivity (Wildman–Crippen MR) is 121 cm³/mol. The lowest BCUT2D eigenvalue weighted by atomic mass is 10.1. The Balaban J connectivity index is 1.77. The molecule has 11 heteroatoms. The summed E-state index contributed by atoms with van der Waals surface area (Å²) in [7, 11) is 0. The van der Waals surface area contributed by atoms with Crippen LogP contribution >= 0.6 is 23.3 Å². The monoisotopic (exact) mass is 490 g/mol. The lowest BCUT2D eigenvalue weighted by Crippen LogP contribution is -2.05. The fourth-order valence-corrected chi connectivity index (χ4v) is 4.64. The van der Waals surface area contributed by atoms with E-state index in [1.165, 1.54) is 19.3 Å². The fraction of sp³-hybridized carbons (Fsp3) is 0.0455. The third-order valence-corrected chi connectivity index (χ3v) is 6.22. The predicted octanol–water partition coefficient (Wildman–Crippen LogP) is 6.51. The minimum atomic E-state index is -0.978. The molecule has 0 aliphatic rings. The summed E-state index contributed by atoms with van der Waals surface area (Å²) in [5, 5.41) is 2.69. The number of nitrogens with one attached hydrogen (secondary N) is 2. The highest BCUT2D eigenvalue weighted by atomic mass is 32.2. The van der Waals surface area contributed by atoms with Crippen LogP contribution < -0.4 is 10.0 Å². The van der Waals surface area contributed by atoms with Crippen LogP contribution in [0.25, 0.3) is 21.7 Å². The minimum absolute atomic E-state index is 0.0180. The summed E-state index contributed by atoms with van der Waals surface area (Å²) < 4.78 is 60.2. The van der Waals surface area contributed by atoms with Gasteiger partial charge < -0.3 is 10.0 Å². The molecule has 5 nitrogen and oxygen atoms in total. The zero-order valence-corrected chi connectivity index (χ0v) is 18.5. The Hall–Kier alpha value is -3.44. The van der Waals surface area contributed by atoms with Crippen LogP contribution in [0, 0.1) is 23.3 Å². The maximum absolute atomic E-state index is 15.5. The van der Waals surface area contributed by atoms with Gasteiger partial charge in [-0.1, -0.05) is 11.3 Å². The van der Waals surface area contributed by atoms with Gasteiger partial charge in [-0.2, -0.15) is 0 Å². The molecule has 33 heavy (non-hydrogen) atoms. The number of hydrogen-bond acceptors (Lipinski definition) is 6. The zero-order valence-electron chi connectivity index (χ0n) is 16.8. The average Bonchev–Trinajstić information content (AvgIpc) is 3.18. The van der Waals surface area contributed by atoms with Gasteiger partial charge in [-0.05, 0) is 60.0 Å². The van der Waals surface area contributed by atoms with Crippen molar-refractivity contribution >= 4 is 40.0 Å². The number of carbonyl (C=O) groups is 1. The van der Waals surface area contributed by atoms with E-state index in [1.807, 2.05) is 0 Å². The standard InChI is InChI=1S/C22H14F4N4OS2/c1-11(31)28-22-29-20(21(32-22)12-6-8-27-9-7-12)18-15(25)4-5-16(19(18)26)30-33-17-10-13(23)2-3-14(17)24/h2-10,30H,1H3,(H,28,29,31). The van der Waals surface area contributed by atoms with Crippen molar-refractivity contribution in [2.45, 2.75) is 11.8 Å². The van der Waals surface area contributed by atoms with Crippen molar-refractivity contribution in [2.75, 3.05) is 10.0 Å². The first-order valence-corrected chi connectivity index (χ1v) is 11.0. The molecule has 1 amide bonds. The number of amides is 1. The quantitative estimate of drug-likeness (QED) is 0.238. The molecule has 0 aliphatic heterocycles. The number of rotatable bonds is 6. The first-order chi connectivity index (χ1) is 15.8. The first kappa shape index (κ1) is 22.7. The SMILES string of the molecule is CC(=O)Nc1nc(-c2c(F)ccc(NSc3cc(F)ccc3F)c2F)c(-c2ccncc2)s1. The second kappa shape index (κ2) is 9.59. The highest BCUT2D eigenvalue weighted by Gasteiger charge is 2.24. The van der Waals surface area contributed by atoms with E-state index < -0.39 is 28.8 Å². The summed E-state index contributed by atoms with van der Waals surface area (Å²) in [6.07, 6.45) is 3.04. The van der Waals surface area contributed by atoms with E-state index in [4.69, 9.17) is 0 Å². The van der Waals surface area contributed by atoms with Gasteiger partial charge >= 0.3 is 0 Å². The molecule has 2 aromatic heterocycles. The zero-order chi connectivity index (χ0) is 23.5. The molecule has 0 saturated heterocycles. The van der Waals surface area contributed by atoms with Crippen molar-refractivity contribution in [1.82, 2.24) is 9.97 Å². The van der Waals surface area contributed by atoms with Crippen LogP contribution in [0.2, 0.25) is 0 Å². The largest absolute Gasteiger partial charge is 0.323 e. The number of benzene rings is 2. The van der Waals surface area contributed by atoms with Gasteiger partial charge in [0.1, 0.15) is 17.5 Å². The summed E-state index contributed by atoms with van der Waals surface area (Å²) in [4.78, 5) is 20.0. The van der Waals surface area contributed by atoms with Gasteiger partial charge in [0.05, 0.1) is 26.7 Å². The summed E-state index contributed by atoms with van der Waals surface area (Å²) in [5.74, 6) is -3.60. The van der Waals surface area contributed by atoms with Gasteiger partial charge in [0.25, 0.3) is 0 Å². The molecule has 4 aromatic rings. The number of carbonyl (C=O) groups excluding carboxylic acids is 1. The maximum Gasteiger partial charge on any atom is 0.223 e. The summed E-state index contributed by atoms with van der Waals surface area (Å²) in [6, 6.07) is 8.35. The van der Waals surface area contributed by atoms with Crippen LogP contribution in [-0.4, -0.2) is 15.9 Å². The third-order valence-electron chi connectivity index (χ3n) is 4.34. The number of aromatic nitrogens is 2. The molecule has 2 heterocycles. The van der Waals surface area contributed by atoms with E-state index in [1.54, 1.807) is 12.1 Å². The number of thiazole rings is 1. The second-order valence-corrected chi connectivity index (χ2v) is 8.52. The molecular formula is C22H14F4N4OS2. The van der Waals surface area contributed by atoms with E-state index in [9.17, 15) is 18.0 Å². The third kappa shape index (κ3) is 4.99. The molecule has 0 saturated carbocycles. The van der Waals surface area contributed by atoms with Crippen LogP contribution in [0.5, 0.6) is 0 Å². The highest BCUT2D eigenvalue weighted by molar-refractivity contribution is 8.00. The Morgan fingerprint density at radius 2 is 1.73 bits per heavy atom. The van der Waals surface area contributed by atoms with Gasteiger partial charge in [-0.15, -0.1) is 0 Å². The highest BCUT2D eigenvalue weighted by Crippen LogP contribution is 2.42. The number of hydrogen-bond donors (Lipinski definition) is 2. The Kier molecular flexibility index (Phi) is 6.61. The van der Waals surface area contributed by atoms with Gasteiger partial charge in [-0.3, -0.25) is 9.78 Å². The van der Waals surface area contributed by atoms with Gasteiger partial charge in [-0.25, -0.2) is 22.5 Å². The van der Waals surface area contributed by atoms with E-state index in [2.05, 4.69) is 20.0 Å². The molecule has 2 N–H and O–H groups in total. The lowest BCUT2D eigenvalue weighted by molar-refractivity contribution is -0.114. The molecule has 0 atom stereocenters. The van der Waals surface area contributed by atoms with Crippen LogP contribution in [0.15, 0.2) is 59.8 Å². The molecule has 0 aliphatic carbocycles. The first-order valence-electron chi connectivity index (χ1n) is 9.38. The topological polar surface area (TPSA) is 66.9 Å². The fourth-order valence-electron chi connectivity index (χ4n) is 2.91. The Morgan fingerprint density at radius 1 is 1.00 bits per heavy atom. The van der Waals surface area contributed by atoms with Gasteiger partial charge in [0.2, 0.25) is 5.91 Å². The van der Waals surface area contributed by atoms with Crippen molar-refractivity contribution in [3.63, 3.8) is 0 Å². The normalized spacial score (nSPS) is 10.8. The van der Waals surface area contributed by atoms with E-state index in [0.717, 1.165) is 41.7 Å². The maximum atomic E-state index is 15.5. The Bertz CT molecular complexity index is 1330. The molecule has 0 radical (unpaired) electrons. The number of nitrogens with zero attached hydrogens (tertiary/aromatic N) is 2. The Morgan fingerprint density at radius 3 is 2.45 bits per heavy atom. The smallest absolute Gasteiger partial charge is 0.223 e. The summed E-state index contributed by atoms with van der Waals surface area (Å²) in [6.45, 7) is 1.29. The van der Waals surface area contributed by atoms with Crippen LogP contribution in [0.4, 0.5) is 28.4 Å². The van der Waals surface area contributed by atoms with Crippen LogP contribution in [-0.2, 0) is 4.79 Å². The second-order valence-electron chi connectivity index (χ2n) is 6.68.